The molecule has 0 aromatic heterocycles. The standard InChI is InChI=1S/C21H30O3/c1-19-9-7-14(22)11-13(19)3-4-15-16(19)8-10-21-12-24-20(2,23)18(21)6-5-17(15)21/h8,13,15,17-18,23H,3-7,9-12H2,1-2H3/t13-,15-,17+,18-,19+,20-,21-/m1/s1. The lowest BCUT2D eigenvalue weighted by atomic mass is 9.48. The second kappa shape index (κ2) is 4.73. The minimum atomic E-state index is -0.932. The van der Waals surface area contributed by atoms with Crippen molar-refractivity contribution in [3.05, 3.63) is 11.6 Å². The van der Waals surface area contributed by atoms with E-state index in [2.05, 4.69) is 13.0 Å². The van der Waals surface area contributed by atoms with Gasteiger partial charge in [0.25, 0.3) is 0 Å². The number of fused-ring (bicyclic) bond motifs is 4. The zero-order valence-electron chi connectivity index (χ0n) is 15.0. The third kappa shape index (κ3) is 1.78. The average Bonchev–Trinajstić information content (AvgIpc) is 3.04. The van der Waals surface area contributed by atoms with E-state index in [1.54, 1.807) is 5.57 Å². The predicted molar refractivity (Wildman–Crippen MR) is 91.1 cm³/mol. The van der Waals surface area contributed by atoms with Gasteiger partial charge in [0, 0.05) is 24.2 Å². The van der Waals surface area contributed by atoms with Crippen molar-refractivity contribution in [2.75, 3.05) is 6.61 Å². The van der Waals surface area contributed by atoms with Crippen LogP contribution in [0.3, 0.4) is 0 Å². The van der Waals surface area contributed by atoms with Crippen LogP contribution in [-0.4, -0.2) is 23.3 Å². The third-order valence-electron chi connectivity index (χ3n) is 8.85. The largest absolute Gasteiger partial charge is 0.365 e. The van der Waals surface area contributed by atoms with Gasteiger partial charge in [0.1, 0.15) is 5.78 Å². The summed E-state index contributed by atoms with van der Waals surface area (Å²) in [6, 6.07) is 0. The molecule has 24 heavy (non-hydrogen) atoms. The van der Waals surface area contributed by atoms with Gasteiger partial charge in [-0.2, -0.15) is 0 Å². The molecule has 1 N–H and O–H groups in total. The number of Topliss-reactive ketones (excluding diaryl/α,β-unsaturated/α-hetero) is 1. The second-order valence-corrected chi connectivity index (χ2v) is 9.72. The number of hydrogen-bond acceptors (Lipinski definition) is 3. The van der Waals surface area contributed by atoms with Gasteiger partial charge < -0.3 is 9.84 Å². The molecule has 0 unspecified atom stereocenters. The van der Waals surface area contributed by atoms with Crippen molar-refractivity contribution in [1.82, 2.24) is 0 Å². The summed E-state index contributed by atoms with van der Waals surface area (Å²) in [5.74, 6) is 1.74. The third-order valence-corrected chi connectivity index (χ3v) is 8.85. The Bertz CT molecular complexity index is 621. The number of ether oxygens (including phenoxy) is 1. The van der Waals surface area contributed by atoms with Crippen LogP contribution in [0.25, 0.3) is 0 Å². The summed E-state index contributed by atoms with van der Waals surface area (Å²) in [5, 5.41) is 10.7. The fourth-order valence-electron chi connectivity index (χ4n) is 7.59. The number of carbonyl (C=O) groups excluding carboxylic acids is 1. The Hall–Kier alpha value is -0.670. The molecule has 132 valence electrons. The molecule has 3 nitrogen and oxygen atoms in total. The molecule has 5 aliphatic rings. The number of rotatable bonds is 0. The molecule has 0 radical (unpaired) electrons. The van der Waals surface area contributed by atoms with E-state index in [1.807, 2.05) is 6.92 Å². The maximum atomic E-state index is 12.0. The minimum Gasteiger partial charge on any atom is -0.365 e. The number of hydrogen-bond donors (Lipinski definition) is 1. The molecule has 1 heterocycles. The Kier molecular flexibility index (Phi) is 3.07. The van der Waals surface area contributed by atoms with Crippen molar-refractivity contribution in [2.24, 2.45) is 34.5 Å². The molecule has 0 aromatic rings. The lowest BCUT2D eigenvalue weighted by Gasteiger charge is -2.55. The molecule has 4 aliphatic carbocycles. The molecular formula is C21H30O3. The average molecular weight is 330 g/mol. The van der Waals surface area contributed by atoms with Crippen LogP contribution in [0.15, 0.2) is 11.6 Å². The highest BCUT2D eigenvalue weighted by Gasteiger charge is 2.65. The molecule has 1 aliphatic heterocycles. The zero-order chi connectivity index (χ0) is 16.7. The first kappa shape index (κ1) is 15.6. The lowest BCUT2D eigenvalue weighted by Crippen LogP contribution is -2.49. The Morgan fingerprint density at radius 1 is 1.21 bits per heavy atom. The highest BCUT2D eigenvalue weighted by atomic mass is 16.6. The van der Waals surface area contributed by atoms with Crippen LogP contribution in [0.5, 0.6) is 0 Å². The fraction of sp³-hybridized carbons (Fsp3) is 0.857. The van der Waals surface area contributed by atoms with Crippen LogP contribution in [0.2, 0.25) is 0 Å². The molecular weight excluding hydrogens is 300 g/mol. The van der Waals surface area contributed by atoms with Gasteiger partial charge in [-0.25, -0.2) is 0 Å². The molecule has 1 saturated heterocycles. The molecule has 7 atom stereocenters. The summed E-state index contributed by atoms with van der Waals surface area (Å²) in [5.41, 5.74) is 2.10. The normalized spacial score (nSPS) is 56.1. The van der Waals surface area contributed by atoms with E-state index in [-0.39, 0.29) is 10.8 Å². The summed E-state index contributed by atoms with van der Waals surface area (Å²) in [6.07, 6.45) is 11.0. The van der Waals surface area contributed by atoms with Gasteiger partial charge in [0.15, 0.2) is 5.79 Å². The van der Waals surface area contributed by atoms with Crippen LogP contribution >= 0.6 is 0 Å². The van der Waals surface area contributed by atoms with Gasteiger partial charge in [-0.15, -0.1) is 0 Å². The van der Waals surface area contributed by atoms with E-state index in [9.17, 15) is 9.90 Å². The van der Waals surface area contributed by atoms with E-state index < -0.39 is 5.79 Å². The van der Waals surface area contributed by atoms with Crippen LogP contribution in [0.1, 0.15) is 65.2 Å². The monoisotopic (exact) mass is 330 g/mol. The van der Waals surface area contributed by atoms with Gasteiger partial charge in [0.05, 0.1) is 6.61 Å². The Balaban J connectivity index is 1.53. The van der Waals surface area contributed by atoms with Crippen molar-refractivity contribution < 1.29 is 14.6 Å². The number of carbonyl (C=O) groups is 1. The zero-order valence-corrected chi connectivity index (χ0v) is 15.0. The predicted octanol–water partition coefficient (Wildman–Crippen LogP) is 3.85. The van der Waals surface area contributed by atoms with Gasteiger partial charge in [0.2, 0.25) is 0 Å². The summed E-state index contributed by atoms with van der Waals surface area (Å²) in [4.78, 5) is 12.0. The van der Waals surface area contributed by atoms with Crippen molar-refractivity contribution >= 4 is 5.78 Å². The summed E-state index contributed by atoms with van der Waals surface area (Å²) in [6.45, 7) is 5.04. The smallest absolute Gasteiger partial charge is 0.166 e. The van der Waals surface area contributed by atoms with Gasteiger partial charge >= 0.3 is 0 Å². The first-order valence-electron chi connectivity index (χ1n) is 9.95. The summed E-state index contributed by atoms with van der Waals surface area (Å²) >= 11 is 0. The first-order chi connectivity index (χ1) is 11.4. The van der Waals surface area contributed by atoms with Crippen molar-refractivity contribution in [2.45, 2.75) is 71.0 Å². The Labute approximate surface area is 144 Å². The number of aliphatic hydroxyl groups is 1. The summed E-state index contributed by atoms with van der Waals surface area (Å²) in [7, 11) is 0. The number of allylic oxidation sites excluding steroid dienone is 2. The van der Waals surface area contributed by atoms with Gasteiger partial charge in [-0.05, 0) is 68.6 Å². The molecule has 3 saturated carbocycles. The van der Waals surface area contributed by atoms with E-state index >= 15 is 0 Å². The van der Waals surface area contributed by atoms with Gasteiger partial charge in [-0.1, -0.05) is 18.6 Å². The van der Waals surface area contributed by atoms with Crippen LogP contribution < -0.4 is 0 Å². The highest BCUT2D eigenvalue weighted by molar-refractivity contribution is 5.80. The molecule has 1 spiro atoms. The van der Waals surface area contributed by atoms with Crippen molar-refractivity contribution in [3.63, 3.8) is 0 Å². The highest BCUT2D eigenvalue weighted by Crippen LogP contribution is 2.68. The fourth-order valence-corrected chi connectivity index (χ4v) is 7.59. The maximum absolute atomic E-state index is 12.0. The Morgan fingerprint density at radius 3 is 2.88 bits per heavy atom. The molecule has 0 bridgehead atoms. The Morgan fingerprint density at radius 2 is 2.04 bits per heavy atom. The number of ketones is 1. The van der Waals surface area contributed by atoms with Crippen LogP contribution in [0, 0.1) is 34.5 Å². The van der Waals surface area contributed by atoms with E-state index in [1.165, 1.54) is 19.3 Å². The lowest BCUT2D eigenvalue weighted by molar-refractivity contribution is -0.180. The van der Waals surface area contributed by atoms with E-state index in [4.69, 9.17) is 4.74 Å². The minimum absolute atomic E-state index is 0.172. The van der Waals surface area contributed by atoms with E-state index in [0.717, 1.165) is 38.7 Å². The van der Waals surface area contributed by atoms with Crippen molar-refractivity contribution in [1.29, 1.82) is 0 Å². The first-order valence-corrected chi connectivity index (χ1v) is 9.95. The quantitative estimate of drug-likeness (QED) is 0.686. The van der Waals surface area contributed by atoms with Crippen molar-refractivity contribution in [3.8, 4) is 0 Å². The SMILES string of the molecule is C[C@@]1(O)OC[C@]23CC=C4[C@@H](CC[C@@H]5CC(=O)CC[C@]45C)[C@@H]2CC[C@@H]31. The van der Waals surface area contributed by atoms with Gasteiger partial charge in [-0.3, -0.25) is 4.79 Å². The molecule has 4 fully saturated rings. The van der Waals surface area contributed by atoms with E-state index in [0.29, 0.717) is 29.5 Å². The molecule has 0 amide bonds. The molecule has 3 heteroatoms. The van der Waals surface area contributed by atoms with Crippen LogP contribution in [-0.2, 0) is 9.53 Å². The van der Waals surface area contributed by atoms with Crippen LogP contribution in [0.4, 0.5) is 0 Å². The topological polar surface area (TPSA) is 46.5 Å². The maximum Gasteiger partial charge on any atom is 0.166 e. The molecule has 5 rings (SSSR count). The second-order valence-electron chi connectivity index (χ2n) is 9.72. The molecule has 0 aromatic carbocycles. The summed E-state index contributed by atoms with van der Waals surface area (Å²) < 4.78 is 5.87.